The van der Waals surface area contributed by atoms with E-state index in [1.165, 1.54) is 6.92 Å². The fourth-order valence-corrected chi connectivity index (χ4v) is 7.60. The lowest BCUT2D eigenvalue weighted by molar-refractivity contribution is -0.141. The molecule has 0 saturated heterocycles. The van der Waals surface area contributed by atoms with Crippen molar-refractivity contribution in [3.8, 4) is 0 Å². The minimum Gasteiger partial charge on any atom is -0.481 e. The summed E-state index contributed by atoms with van der Waals surface area (Å²) in [4.78, 5) is 11.2. The molecule has 0 amide bonds. The molecule has 0 heterocycles. The second kappa shape index (κ2) is 10.6. The normalized spacial score (nSPS) is 14.2. The van der Waals surface area contributed by atoms with Crippen molar-refractivity contribution in [1.29, 1.82) is 0 Å². The number of carboxylic acids is 1. The van der Waals surface area contributed by atoms with Gasteiger partial charge in [0.15, 0.2) is 5.40 Å². The first-order chi connectivity index (χ1) is 10.7. The monoisotopic (exact) mass is 374 g/mol. The van der Waals surface area contributed by atoms with Crippen LogP contribution in [0.3, 0.4) is 0 Å². The van der Waals surface area contributed by atoms with Crippen LogP contribution in [0.1, 0.15) is 41.0 Å². The highest BCUT2D eigenvalue weighted by Gasteiger charge is 2.51. The van der Waals surface area contributed by atoms with Crippen LogP contribution in [0.15, 0.2) is 0 Å². The fourth-order valence-electron chi connectivity index (χ4n) is 1.99. The van der Waals surface area contributed by atoms with Crippen molar-refractivity contribution < 1.29 is 37.1 Å². The first kappa shape index (κ1) is 22.8. The number of hydrogen-bond donors (Lipinski definition) is 1. The Morgan fingerprint density at radius 2 is 1.17 bits per heavy atom. The molecule has 0 spiro atoms. The predicted octanol–water partition coefficient (Wildman–Crippen LogP) is 3.96. The summed E-state index contributed by atoms with van der Waals surface area (Å²) in [6.07, 6.45) is -0.204. The molecule has 0 bridgehead atoms. The Bertz CT molecular complexity index is 403. The topological polar surface area (TPSA) is 108 Å². The maximum atomic E-state index is 13.1. The fraction of sp³-hybridized carbons (Fsp3) is 0.923. The number of carbonyl (C=O) groups is 1. The molecule has 10 heteroatoms. The van der Waals surface area contributed by atoms with Crippen LogP contribution in [0, 0.1) is 5.92 Å². The Morgan fingerprint density at radius 3 is 1.39 bits per heavy atom. The number of aliphatic carboxylic acids is 1. The summed E-state index contributed by atoms with van der Waals surface area (Å²) in [5.74, 6) is -2.02. The molecule has 0 aromatic rings. The Morgan fingerprint density at radius 1 is 0.870 bits per heavy atom. The first-order valence-electron chi connectivity index (χ1n) is 7.71. The molecule has 138 valence electrons. The van der Waals surface area contributed by atoms with E-state index in [4.69, 9.17) is 23.2 Å². The lowest BCUT2D eigenvalue weighted by Gasteiger charge is -2.32. The van der Waals surface area contributed by atoms with Gasteiger partial charge in [-0.05, 0) is 34.1 Å². The predicted molar refractivity (Wildman–Crippen MR) is 86.9 cm³/mol. The van der Waals surface area contributed by atoms with Crippen molar-refractivity contribution in [2.24, 2.45) is 5.92 Å². The van der Waals surface area contributed by atoms with Crippen LogP contribution in [0.5, 0.6) is 0 Å². The molecule has 0 aliphatic carbocycles. The Kier molecular flexibility index (Phi) is 10.5. The lowest BCUT2D eigenvalue weighted by Crippen LogP contribution is -2.23. The lowest BCUT2D eigenvalue weighted by atomic mass is 10.1. The van der Waals surface area contributed by atoms with Gasteiger partial charge in [0.2, 0.25) is 0 Å². The Labute approximate surface area is 137 Å². The van der Waals surface area contributed by atoms with E-state index < -0.39 is 32.5 Å². The number of rotatable bonds is 13. The van der Waals surface area contributed by atoms with Gasteiger partial charge in [-0.15, -0.1) is 0 Å². The van der Waals surface area contributed by atoms with E-state index in [1.807, 2.05) is 0 Å². The summed E-state index contributed by atoms with van der Waals surface area (Å²) < 4.78 is 47.2. The third-order valence-corrected chi connectivity index (χ3v) is 9.00. The molecule has 0 saturated carbocycles. The van der Waals surface area contributed by atoms with E-state index in [0.29, 0.717) is 0 Å². The summed E-state index contributed by atoms with van der Waals surface area (Å²) in [7, 11) is -7.76. The highest BCUT2D eigenvalue weighted by molar-refractivity contribution is 7.72. The smallest absolute Gasteiger partial charge is 0.345 e. The number of hydrogen-bond acceptors (Lipinski definition) is 7. The largest absolute Gasteiger partial charge is 0.481 e. The van der Waals surface area contributed by atoms with Crippen LogP contribution >= 0.6 is 15.2 Å². The van der Waals surface area contributed by atoms with Crippen molar-refractivity contribution in [3.63, 3.8) is 0 Å². The van der Waals surface area contributed by atoms with Crippen LogP contribution in [-0.2, 0) is 32.0 Å². The molecule has 1 atom stereocenters. The minimum absolute atomic E-state index is 0.0630. The van der Waals surface area contributed by atoms with Gasteiger partial charge in [0.25, 0.3) is 0 Å². The summed E-state index contributed by atoms with van der Waals surface area (Å²) >= 11 is 0. The summed E-state index contributed by atoms with van der Waals surface area (Å²) in [5, 5.41) is 7.85. The SMILES string of the molecule is CCOP(=O)(OCC)C(CC(C)C(=O)O)P(=O)(OCC)OCC. The van der Waals surface area contributed by atoms with Gasteiger partial charge >= 0.3 is 21.2 Å². The third-order valence-electron chi connectivity index (χ3n) is 2.95. The average molecular weight is 374 g/mol. The molecule has 0 rings (SSSR count). The molecule has 0 aromatic carbocycles. The van der Waals surface area contributed by atoms with Gasteiger partial charge in [0, 0.05) is 0 Å². The molecule has 23 heavy (non-hydrogen) atoms. The molecule has 0 aromatic heterocycles. The van der Waals surface area contributed by atoms with E-state index in [2.05, 4.69) is 0 Å². The van der Waals surface area contributed by atoms with E-state index in [0.717, 1.165) is 0 Å². The van der Waals surface area contributed by atoms with Crippen LogP contribution in [0.4, 0.5) is 0 Å². The second-order valence-corrected chi connectivity index (χ2v) is 9.55. The van der Waals surface area contributed by atoms with Crippen LogP contribution in [0.2, 0.25) is 0 Å². The minimum atomic E-state index is -3.88. The zero-order chi connectivity index (χ0) is 18.1. The molecule has 0 fully saturated rings. The first-order valence-corrected chi connectivity index (χ1v) is 10.9. The van der Waals surface area contributed by atoms with E-state index in [1.54, 1.807) is 27.7 Å². The van der Waals surface area contributed by atoms with Crippen molar-refractivity contribution in [3.05, 3.63) is 0 Å². The summed E-state index contributed by atoms with van der Waals surface area (Å²) in [6.45, 7) is 8.16. The molecule has 8 nitrogen and oxygen atoms in total. The van der Waals surface area contributed by atoms with E-state index in [-0.39, 0.29) is 32.8 Å². The highest BCUT2D eigenvalue weighted by atomic mass is 31.2. The van der Waals surface area contributed by atoms with E-state index >= 15 is 0 Å². The van der Waals surface area contributed by atoms with Crippen LogP contribution in [-0.4, -0.2) is 42.9 Å². The zero-order valence-corrected chi connectivity index (χ0v) is 16.2. The molecule has 0 aliphatic heterocycles. The van der Waals surface area contributed by atoms with Gasteiger partial charge in [0.05, 0.1) is 32.3 Å². The Hall–Kier alpha value is -0.230. The van der Waals surface area contributed by atoms with Crippen LogP contribution < -0.4 is 0 Å². The molecule has 0 radical (unpaired) electrons. The summed E-state index contributed by atoms with van der Waals surface area (Å²) in [5.41, 5.74) is 0. The molecule has 1 unspecified atom stereocenters. The highest BCUT2D eigenvalue weighted by Crippen LogP contribution is 2.71. The van der Waals surface area contributed by atoms with Gasteiger partial charge in [0.1, 0.15) is 0 Å². The molecule has 0 aliphatic rings. The Balaban J connectivity index is 5.88. The van der Waals surface area contributed by atoms with Gasteiger partial charge in [-0.1, -0.05) is 6.92 Å². The van der Waals surface area contributed by atoms with Crippen molar-refractivity contribution >= 4 is 21.2 Å². The van der Waals surface area contributed by atoms with Gasteiger partial charge in [-0.25, -0.2) is 0 Å². The van der Waals surface area contributed by atoms with Gasteiger partial charge in [-0.2, -0.15) is 0 Å². The van der Waals surface area contributed by atoms with Gasteiger partial charge in [-0.3, -0.25) is 13.9 Å². The maximum absolute atomic E-state index is 13.1. The van der Waals surface area contributed by atoms with Crippen LogP contribution in [0.25, 0.3) is 0 Å². The van der Waals surface area contributed by atoms with Crippen molar-refractivity contribution in [1.82, 2.24) is 0 Å². The third kappa shape index (κ3) is 6.65. The molecular weight excluding hydrogens is 346 g/mol. The van der Waals surface area contributed by atoms with Crippen molar-refractivity contribution in [2.45, 2.75) is 46.4 Å². The number of carboxylic acid groups (broad SMARTS) is 1. The average Bonchev–Trinajstić information content (AvgIpc) is 2.45. The second-order valence-electron chi connectivity index (χ2n) is 4.71. The quantitative estimate of drug-likeness (QED) is 0.483. The summed E-state index contributed by atoms with van der Waals surface area (Å²) in [6, 6.07) is 0. The van der Waals surface area contributed by atoms with E-state index in [9.17, 15) is 13.9 Å². The van der Waals surface area contributed by atoms with Crippen molar-refractivity contribution in [2.75, 3.05) is 26.4 Å². The zero-order valence-electron chi connectivity index (χ0n) is 14.4. The molecular formula is C13H28O8P2. The molecule has 1 N–H and O–H groups in total. The maximum Gasteiger partial charge on any atom is 0.345 e. The van der Waals surface area contributed by atoms with Gasteiger partial charge < -0.3 is 23.2 Å². The standard InChI is InChI=1S/C13H28O8P2/c1-6-18-22(16,19-7-2)12(10-11(5)13(14)15)23(17,20-8-3)21-9-4/h11-12H,6-10H2,1-5H3,(H,14,15).